The highest BCUT2D eigenvalue weighted by Crippen LogP contribution is 2.41. The number of aromatic nitrogens is 4. The van der Waals surface area contributed by atoms with Crippen LogP contribution in [0.3, 0.4) is 0 Å². The Morgan fingerprint density at radius 3 is 2.57 bits per heavy atom. The predicted octanol–water partition coefficient (Wildman–Crippen LogP) is 2.51. The molecule has 11 heteroatoms. The summed E-state index contributed by atoms with van der Waals surface area (Å²) in [5.74, 6) is 1.87. The minimum atomic E-state index is -0.527. The van der Waals surface area contributed by atoms with Crippen LogP contribution in [0.25, 0.3) is 11.0 Å². The van der Waals surface area contributed by atoms with E-state index in [4.69, 9.17) is 9.47 Å². The molecule has 0 aliphatic heterocycles. The molecule has 1 aromatic carbocycles. The maximum absolute atomic E-state index is 12.9. The second kappa shape index (κ2) is 9.37. The van der Waals surface area contributed by atoms with Gasteiger partial charge in [0.25, 0.3) is 5.56 Å². The third-order valence-electron chi connectivity index (χ3n) is 6.20. The van der Waals surface area contributed by atoms with Crippen molar-refractivity contribution < 1.29 is 14.3 Å². The number of hydrogen-bond donors (Lipinski definition) is 2. The number of amides is 1. The Morgan fingerprint density at radius 1 is 1.17 bits per heavy atom. The van der Waals surface area contributed by atoms with Crippen molar-refractivity contribution in [3.05, 3.63) is 50.4 Å². The quantitative estimate of drug-likeness (QED) is 0.341. The number of aromatic amines is 1. The number of ether oxygens (including phenoxy) is 2. The first kappa shape index (κ1) is 23.4. The van der Waals surface area contributed by atoms with E-state index >= 15 is 0 Å². The number of fused-ring (bicyclic) bond motifs is 1. The number of methoxy groups -OCH3 is 2. The molecule has 0 radical (unpaired) electrons. The predicted molar refractivity (Wildman–Crippen MR) is 131 cm³/mol. The van der Waals surface area contributed by atoms with E-state index in [1.807, 2.05) is 12.1 Å². The lowest BCUT2D eigenvalue weighted by Gasteiger charge is -2.15. The average molecular weight is 498 g/mol. The monoisotopic (exact) mass is 497 g/mol. The largest absolute Gasteiger partial charge is 0.493 e. The fourth-order valence-electron chi connectivity index (χ4n) is 3.96. The summed E-state index contributed by atoms with van der Waals surface area (Å²) in [5, 5.41) is 3.10. The summed E-state index contributed by atoms with van der Waals surface area (Å²) in [5.41, 5.74) is 0.270. The van der Waals surface area contributed by atoms with Gasteiger partial charge in [0.05, 0.1) is 19.5 Å². The van der Waals surface area contributed by atoms with Crippen molar-refractivity contribution in [1.82, 2.24) is 24.8 Å². The molecular weight excluding hydrogens is 470 g/mol. The van der Waals surface area contributed by atoms with Gasteiger partial charge in [0.15, 0.2) is 17.1 Å². The Balaban J connectivity index is 1.40. The number of carbonyl (C=O) groups is 1. The highest BCUT2D eigenvalue weighted by molar-refractivity contribution is 8.00. The van der Waals surface area contributed by atoms with E-state index in [1.165, 1.54) is 11.8 Å². The minimum absolute atomic E-state index is 0.0452. The van der Waals surface area contributed by atoms with Gasteiger partial charge in [0, 0.05) is 18.5 Å². The van der Waals surface area contributed by atoms with E-state index in [2.05, 4.69) is 20.3 Å². The molecule has 3 aromatic rings. The van der Waals surface area contributed by atoms with Crippen molar-refractivity contribution in [1.29, 1.82) is 0 Å². The molecule has 5 rings (SSSR count). The normalized spacial score (nSPS) is 16.2. The van der Waals surface area contributed by atoms with Gasteiger partial charge in [0.2, 0.25) is 5.91 Å². The molecule has 2 aromatic heterocycles. The van der Waals surface area contributed by atoms with Gasteiger partial charge in [-0.25, -0.2) is 14.8 Å². The van der Waals surface area contributed by atoms with Gasteiger partial charge in [-0.15, -0.1) is 0 Å². The number of thioether (sulfide) groups is 1. The molecule has 10 nitrogen and oxygen atoms in total. The van der Waals surface area contributed by atoms with Gasteiger partial charge in [-0.3, -0.25) is 19.1 Å². The zero-order valence-corrected chi connectivity index (χ0v) is 20.6. The van der Waals surface area contributed by atoms with Crippen LogP contribution in [0.1, 0.15) is 56.0 Å². The molecule has 2 saturated carbocycles. The lowest BCUT2D eigenvalue weighted by Crippen LogP contribution is -2.32. The van der Waals surface area contributed by atoms with E-state index in [1.54, 1.807) is 31.8 Å². The van der Waals surface area contributed by atoms with Crippen LogP contribution in [0.15, 0.2) is 32.8 Å². The minimum Gasteiger partial charge on any atom is -0.493 e. The Morgan fingerprint density at radius 2 is 1.91 bits per heavy atom. The van der Waals surface area contributed by atoms with Crippen LogP contribution >= 0.6 is 11.8 Å². The summed E-state index contributed by atoms with van der Waals surface area (Å²) in [4.78, 5) is 50.0. The molecule has 2 N–H and O–H groups in total. The third-order valence-corrected chi connectivity index (χ3v) is 7.28. The van der Waals surface area contributed by atoms with Crippen LogP contribution < -0.4 is 26.0 Å². The fraction of sp³-hybridized carbons (Fsp3) is 0.458. The van der Waals surface area contributed by atoms with Crippen LogP contribution in [0.2, 0.25) is 0 Å². The van der Waals surface area contributed by atoms with Crippen LogP contribution in [0, 0.1) is 0 Å². The fourth-order valence-corrected chi connectivity index (χ4v) is 4.93. The maximum Gasteiger partial charge on any atom is 0.330 e. The summed E-state index contributed by atoms with van der Waals surface area (Å²) < 4.78 is 12.2. The number of benzene rings is 1. The zero-order chi connectivity index (χ0) is 24.7. The lowest BCUT2D eigenvalue weighted by molar-refractivity contribution is -0.120. The first-order chi connectivity index (χ1) is 16.9. The number of nitrogens with one attached hydrogen (secondary N) is 2. The number of rotatable bonds is 9. The van der Waals surface area contributed by atoms with Crippen LogP contribution in [0.5, 0.6) is 11.5 Å². The van der Waals surface area contributed by atoms with Crippen LogP contribution in [0.4, 0.5) is 0 Å². The molecule has 0 spiro atoms. The molecule has 0 bridgehead atoms. The average Bonchev–Trinajstić information content (AvgIpc) is 3.75. The van der Waals surface area contributed by atoms with Crippen molar-refractivity contribution >= 4 is 28.7 Å². The molecule has 184 valence electrons. The Labute approximate surface area is 205 Å². The molecule has 1 atom stereocenters. The zero-order valence-electron chi connectivity index (χ0n) is 19.8. The maximum atomic E-state index is 12.9. The molecule has 2 heterocycles. The lowest BCUT2D eigenvalue weighted by atomic mass is 10.2. The Hall–Kier alpha value is -3.34. The van der Waals surface area contributed by atoms with Gasteiger partial charge in [0.1, 0.15) is 16.2 Å². The van der Waals surface area contributed by atoms with Crippen molar-refractivity contribution in [2.24, 2.45) is 0 Å². The van der Waals surface area contributed by atoms with Gasteiger partial charge in [-0.05, 0) is 50.3 Å². The first-order valence-electron chi connectivity index (χ1n) is 11.6. The summed E-state index contributed by atoms with van der Waals surface area (Å²) in [6.07, 6.45) is 3.71. The van der Waals surface area contributed by atoms with Crippen molar-refractivity contribution in [3.63, 3.8) is 0 Å². The number of H-pyrrole nitrogens is 1. The van der Waals surface area contributed by atoms with Crippen molar-refractivity contribution in [2.75, 3.05) is 14.2 Å². The van der Waals surface area contributed by atoms with Crippen molar-refractivity contribution in [2.45, 2.75) is 61.4 Å². The molecule has 1 amide bonds. The summed E-state index contributed by atoms with van der Waals surface area (Å²) >= 11 is 1.21. The molecule has 1 unspecified atom stereocenters. The van der Waals surface area contributed by atoms with Gasteiger partial charge >= 0.3 is 5.69 Å². The first-order valence-corrected chi connectivity index (χ1v) is 12.5. The second-order valence-electron chi connectivity index (χ2n) is 8.89. The summed E-state index contributed by atoms with van der Waals surface area (Å²) in [6, 6.07) is 5.50. The molecule has 35 heavy (non-hydrogen) atoms. The van der Waals surface area contributed by atoms with Crippen molar-refractivity contribution in [3.8, 4) is 11.5 Å². The molecule has 2 fully saturated rings. The van der Waals surface area contributed by atoms with E-state index in [0.29, 0.717) is 34.5 Å². The van der Waals surface area contributed by atoms with Crippen LogP contribution in [-0.4, -0.2) is 44.9 Å². The van der Waals surface area contributed by atoms with Gasteiger partial charge in [-0.1, -0.05) is 17.8 Å². The molecule has 0 saturated heterocycles. The van der Waals surface area contributed by atoms with E-state index < -0.39 is 16.5 Å². The Kier molecular flexibility index (Phi) is 6.26. The second-order valence-corrected chi connectivity index (χ2v) is 10.2. The standard InChI is InChI=1S/C24H27N5O5S/c1-12(21(30)25-11-13-4-9-16(33-2)17(10-13)34-3)35-23-18-20(26-19(27-23)14-5-6-14)29(15-7-8-15)24(32)28-22(18)31/h4,9-10,12,14-15H,5-8,11H2,1-3H3,(H,25,30)(H,28,31,32). The van der Waals surface area contributed by atoms with E-state index in [9.17, 15) is 14.4 Å². The Bertz CT molecular complexity index is 1410. The SMILES string of the molecule is COc1ccc(CNC(=O)C(C)Sc2nc(C3CC3)nc3c2c(=O)[nH]c(=O)n3C2CC2)cc1OC. The smallest absolute Gasteiger partial charge is 0.330 e. The molecule has 2 aliphatic carbocycles. The van der Waals surface area contributed by atoms with E-state index in [-0.39, 0.29) is 23.3 Å². The summed E-state index contributed by atoms with van der Waals surface area (Å²) in [6.45, 7) is 2.08. The number of nitrogens with zero attached hydrogens (tertiary/aromatic N) is 3. The topological polar surface area (TPSA) is 128 Å². The highest BCUT2D eigenvalue weighted by Gasteiger charge is 2.33. The number of carbonyl (C=O) groups excluding carboxylic acids is 1. The third kappa shape index (κ3) is 4.77. The highest BCUT2D eigenvalue weighted by atomic mass is 32.2. The van der Waals surface area contributed by atoms with Gasteiger partial charge in [-0.2, -0.15) is 0 Å². The molecule has 2 aliphatic rings. The molecular formula is C24H27N5O5S. The number of hydrogen-bond acceptors (Lipinski definition) is 8. The summed E-state index contributed by atoms with van der Waals surface area (Å²) in [7, 11) is 3.13. The van der Waals surface area contributed by atoms with Gasteiger partial charge < -0.3 is 14.8 Å². The van der Waals surface area contributed by atoms with Crippen LogP contribution in [-0.2, 0) is 11.3 Å². The van der Waals surface area contributed by atoms with E-state index in [0.717, 1.165) is 31.2 Å².